The maximum atomic E-state index is 6.33. The van der Waals surface area contributed by atoms with Crippen molar-refractivity contribution in [3.63, 3.8) is 0 Å². The molecule has 0 saturated carbocycles. The third-order valence-corrected chi connectivity index (χ3v) is 16.8. The Morgan fingerprint density at radius 1 is 0.342 bits per heavy atom. The minimum absolute atomic E-state index is 0.131. The molecular weight excluding hydrogens is 885 g/mol. The Morgan fingerprint density at radius 2 is 0.918 bits per heavy atom. The molecule has 1 unspecified atom stereocenters. The van der Waals surface area contributed by atoms with Crippen molar-refractivity contribution in [1.82, 2.24) is 4.57 Å². The van der Waals surface area contributed by atoms with Gasteiger partial charge in [0.25, 0.3) is 0 Å². The van der Waals surface area contributed by atoms with E-state index in [4.69, 9.17) is 4.42 Å². The van der Waals surface area contributed by atoms with Gasteiger partial charge < -0.3 is 13.9 Å². The van der Waals surface area contributed by atoms with Crippen LogP contribution in [0.5, 0.6) is 0 Å². The summed E-state index contributed by atoms with van der Waals surface area (Å²) in [7, 11) is 0. The molecule has 2 heterocycles. The molecule has 16 rings (SSSR count). The molecule has 0 amide bonds. The first-order chi connectivity index (χ1) is 36.0. The van der Waals surface area contributed by atoms with Crippen molar-refractivity contribution in [2.24, 2.45) is 0 Å². The summed E-state index contributed by atoms with van der Waals surface area (Å²) >= 11 is 0. The molecule has 0 aliphatic heterocycles. The van der Waals surface area contributed by atoms with Crippen LogP contribution in [0.4, 0.5) is 17.1 Å². The largest absolute Gasteiger partial charge is 0.456 e. The number of benzene rings is 11. The summed E-state index contributed by atoms with van der Waals surface area (Å²) in [5, 5.41) is 4.73. The molecule has 0 bridgehead atoms. The Kier molecular flexibility index (Phi) is 8.16. The van der Waals surface area contributed by atoms with Crippen LogP contribution in [-0.4, -0.2) is 4.57 Å². The number of hydrogen-bond donors (Lipinski definition) is 0. The van der Waals surface area contributed by atoms with E-state index < -0.39 is 5.41 Å². The molecule has 3 heteroatoms. The Morgan fingerprint density at radius 3 is 1.74 bits per heavy atom. The Labute approximate surface area is 423 Å². The first-order valence-corrected chi connectivity index (χ1v) is 25.5. The van der Waals surface area contributed by atoms with Crippen LogP contribution in [0.15, 0.2) is 247 Å². The smallest absolute Gasteiger partial charge is 0.135 e. The van der Waals surface area contributed by atoms with Crippen molar-refractivity contribution in [1.29, 1.82) is 0 Å². The van der Waals surface area contributed by atoms with Gasteiger partial charge in [-0.05, 0) is 139 Å². The molecule has 13 aromatic rings. The summed E-state index contributed by atoms with van der Waals surface area (Å²) in [4.78, 5) is 2.44. The number of hydrogen-bond acceptors (Lipinski definition) is 2. The van der Waals surface area contributed by atoms with Gasteiger partial charge in [0.15, 0.2) is 0 Å². The lowest BCUT2D eigenvalue weighted by Crippen LogP contribution is -2.25. The average Bonchev–Trinajstić information content (AvgIpc) is 4.22. The lowest BCUT2D eigenvalue weighted by molar-refractivity contribution is 0.660. The Hall–Kier alpha value is -9.18. The van der Waals surface area contributed by atoms with Gasteiger partial charge in [-0.3, -0.25) is 0 Å². The Balaban J connectivity index is 0.927. The van der Waals surface area contributed by atoms with E-state index in [1.807, 2.05) is 6.07 Å². The van der Waals surface area contributed by atoms with Crippen LogP contribution in [-0.2, 0) is 10.8 Å². The van der Waals surface area contributed by atoms with E-state index in [0.717, 1.165) is 44.5 Å². The van der Waals surface area contributed by atoms with Crippen LogP contribution < -0.4 is 4.90 Å². The van der Waals surface area contributed by atoms with E-state index >= 15 is 0 Å². The van der Waals surface area contributed by atoms with Crippen molar-refractivity contribution in [3.05, 3.63) is 276 Å². The lowest BCUT2D eigenvalue weighted by atomic mass is 9.70. The van der Waals surface area contributed by atoms with Crippen LogP contribution in [0, 0.1) is 0 Å². The summed E-state index contributed by atoms with van der Waals surface area (Å²) in [6.45, 7) is 4.73. The summed E-state index contributed by atoms with van der Waals surface area (Å²) < 4.78 is 8.88. The number of rotatable bonds is 5. The highest BCUT2D eigenvalue weighted by Crippen LogP contribution is 2.65. The molecule has 0 radical (unpaired) electrons. The van der Waals surface area contributed by atoms with Crippen molar-refractivity contribution in [2.45, 2.75) is 24.7 Å². The van der Waals surface area contributed by atoms with E-state index in [9.17, 15) is 0 Å². The highest BCUT2D eigenvalue weighted by atomic mass is 16.3. The van der Waals surface area contributed by atoms with Crippen LogP contribution in [0.1, 0.15) is 47.2 Å². The third kappa shape index (κ3) is 5.33. The number of nitrogens with zero attached hydrogens (tertiary/aromatic N) is 2. The van der Waals surface area contributed by atoms with E-state index in [1.54, 1.807) is 0 Å². The molecule has 11 aromatic carbocycles. The van der Waals surface area contributed by atoms with Crippen LogP contribution in [0.2, 0.25) is 0 Å². The van der Waals surface area contributed by atoms with E-state index in [-0.39, 0.29) is 5.41 Å². The summed E-state index contributed by atoms with van der Waals surface area (Å²) in [6, 6.07) is 90.4. The SMILES string of the molecule is CC1(C)c2ccccc2-c2ccc(N(c3ccccc3)c3ccc4c5ccccc5n(-c5cccc6c5-c5ccccc5C65c6ccccc6-c6c(-c7ccc8oc9ccccc9c8c7)cccc65)c4c3)cc21. The molecule has 3 nitrogen and oxygen atoms in total. The first-order valence-electron chi connectivity index (χ1n) is 25.5. The molecule has 342 valence electrons. The van der Waals surface area contributed by atoms with Crippen LogP contribution in [0.3, 0.4) is 0 Å². The van der Waals surface area contributed by atoms with Gasteiger partial charge in [0, 0.05) is 49.6 Å². The predicted octanol–water partition coefficient (Wildman–Crippen LogP) is 18.5. The van der Waals surface area contributed by atoms with E-state index in [2.05, 4.69) is 260 Å². The summed E-state index contributed by atoms with van der Waals surface area (Å²) in [5.41, 5.74) is 26.2. The topological polar surface area (TPSA) is 21.3 Å². The van der Waals surface area contributed by atoms with Crippen LogP contribution in [0.25, 0.3) is 93.9 Å². The van der Waals surface area contributed by atoms with Gasteiger partial charge in [-0.1, -0.05) is 190 Å². The quantitative estimate of drug-likeness (QED) is 0.171. The van der Waals surface area contributed by atoms with E-state index in [1.165, 1.54) is 99.9 Å². The molecule has 0 fully saturated rings. The van der Waals surface area contributed by atoms with Crippen LogP contribution >= 0.6 is 0 Å². The van der Waals surface area contributed by atoms with Crippen molar-refractivity contribution < 1.29 is 4.42 Å². The zero-order valence-electron chi connectivity index (χ0n) is 40.4. The Bertz CT molecular complexity index is 4490. The lowest BCUT2D eigenvalue weighted by Gasteiger charge is -2.30. The van der Waals surface area contributed by atoms with Crippen molar-refractivity contribution in [2.75, 3.05) is 4.90 Å². The fraction of sp³-hybridized carbons (Fsp3) is 0.0571. The second-order valence-corrected chi connectivity index (χ2v) is 20.7. The van der Waals surface area contributed by atoms with Gasteiger partial charge in [0.1, 0.15) is 11.2 Å². The number of furan rings is 1. The average molecular weight is 931 g/mol. The summed E-state index contributed by atoms with van der Waals surface area (Å²) in [6.07, 6.45) is 0. The summed E-state index contributed by atoms with van der Waals surface area (Å²) in [5.74, 6) is 0. The van der Waals surface area contributed by atoms with Gasteiger partial charge >= 0.3 is 0 Å². The van der Waals surface area contributed by atoms with E-state index in [0.29, 0.717) is 0 Å². The molecule has 0 N–H and O–H groups in total. The second-order valence-electron chi connectivity index (χ2n) is 20.7. The van der Waals surface area contributed by atoms with Gasteiger partial charge in [-0.15, -0.1) is 0 Å². The molecule has 2 aromatic heterocycles. The maximum absolute atomic E-state index is 6.33. The van der Waals surface area contributed by atoms with Crippen molar-refractivity contribution >= 4 is 60.8 Å². The normalized spacial score (nSPS) is 15.4. The maximum Gasteiger partial charge on any atom is 0.135 e. The standard InChI is InChI=1S/C70H46N2O/c1-69(2)56-26-11-6-20-48(56)49-37-35-45(41-61(49)69)71(44-18-4-3-5-19-44)46-36-38-51-50-21-9-14-31-62(50)72(64(51)42-46)63-32-17-30-60-68(63)54-24-8-13-28-58(54)70(60)57-27-12-7-23-53(57)67-47(25-16-29-59(67)70)43-34-39-66-55(40-43)52-22-10-15-33-65(52)73-66/h3-42H,1-2H3. The number of para-hydroxylation sites is 3. The highest BCUT2D eigenvalue weighted by Gasteiger charge is 2.53. The number of aromatic nitrogens is 1. The molecule has 73 heavy (non-hydrogen) atoms. The van der Waals surface area contributed by atoms with Gasteiger partial charge in [-0.25, -0.2) is 0 Å². The van der Waals surface area contributed by atoms with Gasteiger partial charge in [0.2, 0.25) is 0 Å². The minimum atomic E-state index is -0.550. The molecular formula is C70H46N2O. The second kappa shape index (κ2) is 14.7. The minimum Gasteiger partial charge on any atom is -0.456 e. The van der Waals surface area contributed by atoms with Crippen molar-refractivity contribution in [3.8, 4) is 50.2 Å². The molecule has 3 aliphatic rings. The number of anilines is 3. The zero-order valence-corrected chi connectivity index (χ0v) is 40.4. The molecule has 0 saturated heterocycles. The fourth-order valence-electron chi connectivity index (χ4n) is 13.8. The van der Waals surface area contributed by atoms with Gasteiger partial charge in [0.05, 0.1) is 22.1 Å². The fourth-order valence-corrected chi connectivity index (χ4v) is 13.8. The molecule has 1 spiro atoms. The monoisotopic (exact) mass is 930 g/mol. The zero-order chi connectivity index (χ0) is 48.2. The molecule has 1 atom stereocenters. The highest BCUT2D eigenvalue weighted by molar-refractivity contribution is 6.12. The van der Waals surface area contributed by atoms with Gasteiger partial charge in [-0.2, -0.15) is 0 Å². The molecule has 3 aliphatic carbocycles. The first kappa shape index (κ1) is 40.5. The third-order valence-electron chi connectivity index (χ3n) is 16.8. The predicted molar refractivity (Wildman–Crippen MR) is 302 cm³/mol. The number of fused-ring (bicyclic) bond motifs is 19.